The van der Waals surface area contributed by atoms with Crippen LogP contribution < -0.4 is 0 Å². The van der Waals surface area contributed by atoms with Crippen LogP contribution in [0.4, 0.5) is 4.79 Å². The molecule has 2 amide bonds. The molecule has 0 spiro atoms. The van der Waals surface area contributed by atoms with Crippen LogP contribution in [0.5, 0.6) is 0 Å². The Labute approximate surface area is 70.8 Å². The number of carbonyl (C=O) groups excluding carboxylic acids is 2. The Morgan fingerprint density at radius 1 is 1.75 bits per heavy atom. The molecule has 1 aliphatic rings. The minimum absolute atomic E-state index is 0.292. The highest BCUT2D eigenvalue weighted by Crippen LogP contribution is 2.03. The second kappa shape index (κ2) is 3.90. The molecule has 1 saturated heterocycles. The Morgan fingerprint density at radius 3 is 3.00 bits per heavy atom. The van der Waals surface area contributed by atoms with E-state index in [9.17, 15) is 9.59 Å². The van der Waals surface area contributed by atoms with Crippen LogP contribution in [0, 0.1) is 0 Å². The maximum absolute atomic E-state index is 11.2. The maximum Gasteiger partial charge on any atom is 0.416 e. The summed E-state index contributed by atoms with van der Waals surface area (Å²) >= 11 is 0. The summed E-state index contributed by atoms with van der Waals surface area (Å²) in [5.74, 6) is -0.292. The van der Waals surface area contributed by atoms with Crippen LogP contribution in [0.3, 0.4) is 0 Å². The maximum atomic E-state index is 11.2. The average Bonchev–Trinajstić information content (AvgIpc) is 2.47. The lowest BCUT2D eigenvalue weighted by molar-refractivity contribution is -0.122. The van der Waals surface area contributed by atoms with E-state index in [0.717, 1.165) is 11.3 Å². The van der Waals surface area contributed by atoms with Gasteiger partial charge in [-0.15, -0.1) is 0 Å². The summed E-state index contributed by atoms with van der Waals surface area (Å²) in [5, 5.41) is 0. The first-order valence-corrected chi connectivity index (χ1v) is 3.90. The molecule has 0 aromatic heterocycles. The zero-order valence-electron chi connectivity index (χ0n) is 6.95. The van der Waals surface area contributed by atoms with Gasteiger partial charge in [-0.1, -0.05) is 13.0 Å². The summed E-state index contributed by atoms with van der Waals surface area (Å²) in [6.07, 6.45) is 3.36. The molecule has 12 heavy (non-hydrogen) atoms. The molecule has 66 valence electrons. The molecule has 0 saturated carbocycles. The number of imide groups is 1. The molecule has 0 aliphatic carbocycles. The standard InChI is InChI=1S/C8H11NO3/c1-2-3-4-7(10)9-5-6-12-8(9)11/h3-4H,2,5-6H2,1H3/b4-3+. The molecule has 0 N–H and O–H groups in total. The van der Waals surface area contributed by atoms with Gasteiger partial charge in [0.25, 0.3) is 5.91 Å². The van der Waals surface area contributed by atoms with E-state index in [1.807, 2.05) is 6.92 Å². The number of allylic oxidation sites excluding steroid dienone is 1. The minimum atomic E-state index is -0.541. The van der Waals surface area contributed by atoms with Crippen LogP contribution in [-0.2, 0) is 9.53 Å². The summed E-state index contributed by atoms with van der Waals surface area (Å²) in [4.78, 5) is 23.1. The van der Waals surface area contributed by atoms with Gasteiger partial charge in [0.15, 0.2) is 0 Å². The highest BCUT2D eigenvalue weighted by atomic mass is 16.6. The van der Waals surface area contributed by atoms with Gasteiger partial charge in [0.1, 0.15) is 6.61 Å². The van der Waals surface area contributed by atoms with Gasteiger partial charge >= 0.3 is 6.09 Å². The van der Waals surface area contributed by atoms with Crippen molar-refractivity contribution in [2.75, 3.05) is 13.2 Å². The van der Waals surface area contributed by atoms with E-state index in [1.54, 1.807) is 6.08 Å². The van der Waals surface area contributed by atoms with Gasteiger partial charge in [-0.05, 0) is 12.5 Å². The first-order chi connectivity index (χ1) is 5.75. The summed E-state index contributed by atoms with van der Waals surface area (Å²) in [5.41, 5.74) is 0. The summed E-state index contributed by atoms with van der Waals surface area (Å²) < 4.78 is 4.60. The lowest BCUT2D eigenvalue weighted by Gasteiger charge is -2.05. The van der Waals surface area contributed by atoms with Crippen molar-refractivity contribution in [1.29, 1.82) is 0 Å². The van der Waals surface area contributed by atoms with Crippen LogP contribution in [0.15, 0.2) is 12.2 Å². The van der Waals surface area contributed by atoms with Gasteiger partial charge in [0, 0.05) is 0 Å². The lowest BCUT2D eigenvalue weighted by atomic mass is 10.4. The number of hydrogen-bond donors (Lipinski definition) is 0. The highest BCUT2D eigenvalue weighted by Gasteiger charge is 2.26. The molecule has 4 nitrogen and oxygen atoms in total. The molecular formula is C8H11NO3. The summed E-state index contributed by atoms with van der Waals surface area (Å²) in [6.45, 7) is 2.60. The molecule has 0 aromatic carbocycles. The molecule has 0 radical (unpaired) electrons. The molecule has 1 aliphatic heterocycles. The van der Waals surface area contributed by atoms with Crippen LogP contribution in [0.25, 0.3) is 0 Å². The topological polar surface area (TPSA) is 46.6 Å². The van der Waals surface area contributed by atoms with E-state index in [4.69, 9.17) is 0 Å². The third-order valence-electron chi connectivity index (χ3n) is 1.52. The fourth-order valence-corrected chi connectivity index (χ4v) is 0.902. The first kappa shape index (κ1) is 8.77. The number of nitrogens with zero attached hydrogens (tertiary/aromatic N) is 1. The molecule has 0 atom stereocenters. The number of rotatable bonds is 2. The number of amides is 2. The van der Waals surface area contributed by atoms with Crippen LogP contribution in [-0.4, -0.2) is 30.1 Å². The fourth-order valence-electron chi connectivity index (χ4n) is 0.902. The Hall–Kier alpha value is -1.32. The molecule has 1 heterocycles. The third-order valence-corrected chi connectivity index (χ3v) is 1.52. The molecule has 0 aromatic rings. The second-order valence-corrected chi connectivity index (χ2v) is 2.41. The predicted molar refractivity (Wildman–Crippen MR) is 42.5 cm³/mol. The van der Waals surface area contributed by atoms with Crippen molar-refractivity contribution in [1.82, 2.24) is 4.90 Å². The zero-order valence-corrected chi connectivity index (χ0v) is 6.95. The van der Waals surface area contributed by atoms with Gasteiger partial charge in [-0.3, -0.25) is 4.79 Å². The second-order valence-electron chi connectivity index (χ2n) is 2.41. The minimum Gasteiger partial charge on any atom is -0.447 e. The van der Waals surface area contributed by atoms with Crippen molar-refractivity contribution < 1.29 is 14.3 Å². The van der Waals surface area contributed by atoms with E-state index in [2.05, 4.69) is 4.74 Å². The molecule has 0 unspecified atom stereocenters. The zero-order chi connectivity index (χ0) is 8.97. The monoisotopic (exact) mass is 169 g/mol. The number of carbonyl (C=O) groups is 2. The Balaban J connectivity index is 2.52. The van der Waals surface area contributed by atoms with Gasteiger partial charge in [0.2, 0.25) is 0 Å². The predicted octanol–water partition coefficient (Wildman–Crippen LogP) is 0.931. The Morgan fingerprint density at radius 2 is 2.50 bits per heavy atom. The fraction of sp³-hybridized carbons (Fsp3) is 0.500. The first-order valence-electron chi connectivity index (χ1n) is 3.90. The van der Waals surface area contributed by atoms with Crippen molar-refractivity contribution >= 4 is 12.0 Å². The molecule has 4 heteroatoms. The lowest BCUT2D eigenvalue weighted by Crippen LogP contribution is -2.29. The van der Waals surface area contributed by atoms with Crippen molar-refractivity contribution in [2.24, 2.45) is 0 Å². The van der Waals surface area contributed by atoms with Crippen molar-refractivity contribution in [3.05, 3.63) is 12.2 Å². The van der Waals surface area contributed by atoms with Crippen LogP contribution in [0.1, 0.15) is 13.3 Å². The number of hydrogen-bond acceptors (Lipinski definition) is 3. The van der Waals surface area contributed by atoms with E-state index in [-0.39, 0.29) is 5.91 Å². The van der Waals surface area contributed by atoms with Crippen molar-refractivity contribution in [2.45, 2.75) is 13.3 Å². The van der Waals surface area contributed by atoms with E-state index >= 15 is 0 Å². The highest BCUT2D eigenvalue weighted by molar-refractivity contribution is 5.99. The summed E-state index contributed by atoms with van der Waals surface area (Å²) in [6, 6.07) is 0. The van der Waals surface area contributed by atoms with Crippen molar-refractivity contribution in [3.8, 4) is 0 Å². The average molecular weight is 169 g/mol. The quantitative estimate of drug-likeness (QED) is 0.578. The van der Waals surface area contributed by atoms with Crippen LogP contribution in [0.2, 0.25) is 0 Å². The third kappa shape index (κ3) is 1.84. The van der Waals surface area contributed by atoms with E-state index < -0.39 is 6.09 Å². The van der Waals surface area contributed by atoms with Crippen LogP contribution >= 0.6 is 0 Å². The SMILES string of the molecule is CC/C=C/C(=O)N1CCOC1=O. The molecule has 0 bridgehead atoms. The number of ether oxygens (including phenoxy) is 1. The Kier molecular flexibility index (Phi) is 2.85. The molecular weight excluding hydrogens is 158 g/mol. The van der Waals surface area contributed by atoms with Gasteiger partial charge in [-0.25, -0.2) is 9.69 Å². The Bertz CT molecular complexity index is 222. The van der Waals surface area contributed by atoms with Crippen molar-refractivity contribution in [3.63, 3.8) is 0 Å². The van der Waals surface area contributed by atoms with Gasteiger partial charge in [-0.2, -0.15) is 0 Å². The van der Waals surface area contributed by atoms with E-state index in [1.165, 1.54) is 6.08 Å². The summed E-state index contributed by atoms with van der Waals surface area (Å²) in [7, 11) is 0. The molecule has 1 fully saturated rings. The normalized spacial score (nSPS) is 17.1. The largest absolute Gasteiger partial charge is 0.447 e. The number of cyclic esters (lactones) is 1. The van der Waals surface area contributed by atoms with Gasteiger partial charge in [0.05, 0.1) is 6.54 Å². The molecule has 1 rings (SSSR count). The smallest absolute Gasteiger partial charge is 0.416 e. The van der Waals surface area contributed by atoms with Gasteiger partial charge < -0.3 is 4.74 Å². The van der Waals surface area contributed by atoms with E-state index in [0.29, 0.717) is 13.2 Å².